The number of nitrogens with zero attached hydrogens (tertiary/aromatic N) is 2. The van der Waals surface area contributed by atoms with Crippen LogP contribution in [0.1, 0.15) is 23.2 Å². The molecule has 1 aromatic heterocycles. The lowest BCUT2D eigenvalue weighted by Crippen LogP contribution is -2.05. The van der Waals surface area contributed by atoms with Crippen molar-refractivity contribution < 1.29 is 9.53 Å². The van der Waals surface area contributed by atoms with Gasteiger partial charge in [0, 0.05) is 12.6 Å². The van der Waals surface area contributed by atoms with Gasteiger partial charge in [-0.15, -0.1) is 0 Å². The van der Waals surface area contributed by atoms with Crippen LogP contribution in [-0.2, 0) is 16.0 Å². The molecule has 2 aromatic rings. The predicted molar refractivity (Wildman–Crippen MR) is 85.2 cm³/mol. The van der Waals surface area contributed by atoms with Crippen molar-refractivity contribution in [1.82, 2.24) is 4.98 Å². The molecule has 0 atom stereocenters. The van der Waals surface area contributed by atoms with Crippen LogP contribution in [0.15, 0.2) is 59.4 Å². The van der Waals surface area contributed by atoms with E-state index in [0.717, 1.165) is 6.42 Å². The van der Waals surface area contributed by atoms with Gasteiger partial charge < -0.3 is 4.74 Å². The lowest BCUT2D eigenvalue weighted by Gasteiger charge is -2.01. The SMILES string of the molecule is Cc1ccc(CCC2=N/C(=C/c3ccccn3)C(=O)O2)cc1. The summed E-state index contributed by atoms with van der Waals surface area (Å²) in [7, 11) is 0. The summed E-state index contributed by atoms with van der Waals surface area (Å²) in [5.74, 6) is 0.0531. The number of hydrogen-bond acceptors (Lipinski definition) is 4. The number of esters is 1. The highest BCUT2D eigenvalue weighted by Crippen LogP contribution is 2.17. The van der Waals surface area contributed by atoms with Gasteiger partial charge in [-0.3, -0.25) is 4.98 Å². The minimum atomic E-state index is -0.412. The summed E-state index contributed by atoms with van der Waals surface area (Å²) in [5, 5.41) is 0. The summed E-state index contributed by atoms with van der Waals surface area (Å²) >= 11 is 0. The van der Waals surface area contributed by atoms with E-state index in [1.807, 2.05) is 18.2 Å². The minimum absolute atomic E-state index is 0.303. The summed E-state index contributed by atoms with van der Waals surface area (Å²) in [5.41, 5.74) is 3.43. The second kappa shape index (κ2) is 6.35. The minimum Gasteiger partial charge on any atom is -0.407 e. The maximum Gasteiger partial charge on any atom is 0.363 e. The van der Waals surface area contributed by atoms with Crippen LogP contribution in [0.5, 0.6) is 0 Å². The lowest BCUT2D eigenvalue weighted by atomic mass is 10.1. The molecule has 1 aliphatic rings. The summed E-state index contributed by atoms with van der Waals surface area (Å²) in [6.45, 7) is 2.06. The quantitative estimate of drug-likeness (QED) is 0.641. The smallest absolute Gasteiger partial charge is 0.363 e. The molecule has 0 N–H and O–H groups in total. The standard InChI is InChI=1S/C18H16N2O2/c1-13-5-7-14(8-6-13)9-10-17-20-16(18(21)22-17)12-15-4-2-3-11-19-15/h2-8,11-12H,9-10H2,1H3/b16-12+. The van der Waals surface area contributed by atoms with Gasteiger partial charge in [0.1, 0.15) is 0 Å². The van der Waals surface area contributed by atoms with Crippen molar-refractivity contribution in [1.29, 1.82) is 0 Å². The Bertz CT molecular complexity index is 731. The van der Waals surface area contributed by atoms with Gasteiger partial charge in [-0.2, -0.15) is 0 Å². The van der Waals surface area contributed by atoms with Crippen molar-refractivity contribution in [2.45, 2.75) is 19.8 Å². The Kier molecular flexibility index (Phi) is 4.10. The molecule has 2 heterocycles. The normalized spacial score (nSPS) is 15.8. The van der Waals surface area contributed by atoms with E-state index >= 15 is 0 Å². The van der Waals surface area contributed by atoms with Gasteiger partial charge in [0.2, 0.25) is 0 Å². The molecular weight excluding hydrogens is 276 g/mol. The first-order valence-corrected chi connectivity index (χ1v) is 7.19. The summed E-state index contributed by atoms with van der Waals surface area (Å²) in [6, 6.07) is 13.8. The zero-order chi connectivity index (χ0) is 15.4. The fourth-order valence-electron chi connectivity index (χ4n) is 2.17. The first-order chi connectivity index (χ1) is 10.7. The second-order valence-electron chi connectivity index (χ2n) is 5.16. The molecule has 110 valence electrons. The van der Waals surface area contributed by atoms with E-state index in [1.165, 1.54) is 11.1 Å². The molecule has 0 unspecified atom stereocenters. The van der Waals surface area contributed by atoms with Gasteiger partial charge in [0.05, 0.1) is 5.69 Å². The van der Waals surface area contributed by atoms with Gasteiger partial charge in [-0.05, 0) is 37.1 Å². The highest BCUT2D eigenvalue weighted by Gasteiger charge is 2.22. The molecule has 4 heteroatoms. The number of ether oxygens (including phenoxy) is 1. The highest BCUT2D eigenvalue weighted by atomic mass is 16.6. The van der Waals surface area contributed by atoms with E-state index in [2.05, 4.69) is 41.2 Å². The number of benzene rings is 1. The number of aromatic nitrogens is 1. The molecule has 22 heavy (non-hydrogen) atoms. The molecule has 1 aromatic carbocycles. The number of cyclic esters (lactones) is 1. The molecule has 1 aliphatic heterocycles. The van der Waals surface area contributed by atoms with E-state index in [9.17, 15) is 4.79 Å². The maximum atomic E-state index is 11.8. The monoisotopic (exact) mass is 292 g/mol. The molecule has 0 bridgehead atoms. The van der Waals surface area contributed by atoms with Crippen LogP contribution in [-0.4, -0.2) is 16.9 Å². The molecule has 0 radical (unpaired) electrons. The van der Waals surface area contributed by atoms with Crippen LogP contribution in [0.2, 0.25) is 0 Å². The molecule has 0 saturated carbocycles. The Morgan fingerprint density at radius 3 is 2.64 bits per heavy atom. The van der Waals surface area contributed by atoms with E-state index in [-0.39, 0.29) is 0 Å². The van der Waals surface area contributed by atoms with Gasteiger partial charge in [-0.1, -0.05) is 35.9 Å². The average molecular weight is 292 g/mol. The first kappa shape index (κ1) is 14.2. The number of carbonyl (C=O) groups is 1. The van der Waals surface area contributed by atoms with Crippen molar-refractivity contribution in [3.8, 4) is 0 Å². The topological polar surface area (TPSA) is 51.5 Å². The van der Waals surface area contributed by atoms with E-state index in [0.29, 0.717) is 23.7 Å². The number of carbonyl (C=O) groups excluding carboxylic acids is 1. The summed E-state index contributed by atoms with van der Waals surface area (Å²) < 4.78 is 5.21. The van der Waals surface area contributed by atoms with E-state index in [1.54, 1.807) is 12.3 Å². The fraction of sp³-hybridized carbons (Fsp3) is 0.167. The van der Waals surface area contributed by atoms with Crippen molar-refractivity contribution in [2.24, 2.45) is 4.99 Å². The Balaban J connectivity index is 1.68. The van der Waals surface area contributed by atoms with Crippen molar-refractivity contribution in [3.63, 3.8) is 0 Å². The Hall–Kier alpha value is -2.75. The first-order valence-electron chi connectivity index (χ1n) is 7.19. The van der Waals surface area contributed by atoms with Gasteiger partial charge in [-0.25, -0.2) is 9.79 Å². The summed E-state index contributed by atoms with van der Waals surface area (Å²) in [6.07, 6.45) is 4.72. The van der Waals surface area contributed by atoms with Gasteiger partial charge in [0.25, 0.3) is 0 Å². The van der Waals surface area contributed by atoms with Crippen LogP contribution in [0, 0.1) is 6.92 Å². The number of aliphatic imine (C=N–C) groups is 1. The lowest BCUT2D eigenvalue weighted by molar-refractivity contribution is -0.130. The van der Waals surface area contributed by atoms with Crippen LogP contribution in [0.3, 0.4) is 0 Å². The summed E-state index contributed by atoms with van der Waals surface area (Å²) in [4.78, 5) is 20.2. The highest BCUT2D eigenvalue weighted by molar-refractivity contribution is 6.07. The maximum absolute atomic E-state index is 11.8. The number of rotatable bonds is 4. The molecule has 0 spiro atoms. The molecule has 0 fully saturated rings. The Morgan fingerprint density at radius 1 is 1.09 bits per heavy atom. The van der Waals surface area contributed by atoms with Crippen molar-refractivity contribution in [3.05, 3.63) is 71.2 Å². The van der Waals surface area contributed by atoms with Crippen LogP contribution in [0.4, 0.5) is 0 Å². The van der Waals surface area contributed by atoms with Gasteiger partial charge in [0.15, 0.2) is 11.6 Å². The largest absolute Gasteiger partial charge is 0.407 e. The molecule has 0 amide bonds. The number of hydrogen-bond donors (Lipinski definition) is 0. The number of pyridine rings is 1. The van der Waals surface area contributed by atoms with Crippen LogP contribution in [0.25, 0.3) is 6.08 Å². The second-order valence-corrected chi connectivity index (χ2v) is 5.16. The average Bonchev–Trinajstić information content (AvgIpc) is 2.88. The number of aryl methyl sites for hydroxylation is 2. The van der Waals surface area contributed by atoms with Crippen molar-refractivity contribution in [2.75, 3.05) is 0 Å². The molecular formula is C18H16N2O2. The van der Waals surface area contributed by atoms with E-state index in [4.69, 9.17) is 4.74 Å². The third-order valence-corrected chi connectivity index (χ3v) is 3.39. The van der Waals surface area contributed by atoms with Crippen LogP contribution >= 0.6 is 0 Å². The molecule has 3 rings (SSSR count). The van der Waals surface area contributed by atoms with Crippen LogP contribution < -0.4 is 0 Å². The van der Waals surface area contributed by atoms with Gasteiger partial charge >= 0.3 is 5.97 Å². The fourth-order valence-corrected chi connectivity index (χ4v) is 2.17. The molecule has 4 nitrogen and oxygen atoms in total. The third-order valence-electron chi connectivity index (χ3n) is 3.39. The van der Waals surface area contributed by atoms with E-state index < -0.39 is 5.97 Å². The molecule has 0 aliphatic carbocycles. The Morgan fingerprint density at radius 2 is 1.91 bits per heavy atom. The predicted octanol–water partition coefficient (Wildman–Crippen LogP) is 3.32. The Labute approximate surface area is 129 Å². The zero-order valence-electron chi connectivity index (χ0n) is 12.3. The zero-order valence-corrected chi connectivity index (χ0v) is 12.3. The molecule has 0 saturated heterocycles. The third kappa shape index (κ3) is 3.47. The van der Waals surface area contributed by atoms with Crippen molar-refractivity contribution >= 4 is 17.9 Å².